The highest BCUT2D eigenvalue weighted by Crippen LogP contribution is 2.26. The third-order valence-electron chi connectivity index (χ3n) is 5.29. The van der Waals surface area contributed by atoms with Gasteiger partial charge < -0.3 is 5.32 Å². The van der Waals surface area contributed by atoms with E-state index in [1.165, 1.54) is 41.3 Å². The predicted molar refractivity (Wildman–Crippen MR) is 151 cm³/mol. The van der Waals surface area contributed by atoms with Crippen molar-refractivity contribution < 1.29 is 14.5 Å². The fourth-order valence-corrected chi connectivity index (χ4v) is 5.91. The molecular weight excluding hydrogens is 561 g/mol. The average molecular weight is 585 g/mol. The Morgan fingerprint density at radius 2 is 1.90 bits per heavy atom. The first-order chi connectivity index (χ1) is 18.7. The zero-order valence-corrected chi connectivity index (χ0v) is 23.7. The van der Waals surface area contributed by atoms with Gasteiger partial charge in [-0.05, 0) is 43.4 Å². The lowest BCUT2D eigenvalue weighted by Crippen LogP contribution is -2.25. The van der Waals surface area contributed by atoms with E-state index in [1.807, 2.05) is 38.1 Å². The molecule has 2 amide bonds. The van der Waals surface area contributed by atoms with Crippen molar-refractivity contribution in [2.45, 2.75) is 36.8 Å². The number of hydrogen-bond donors (Lipinski definition) is 2. The van der Waals surface area contributed by atoms with E-state index in [0.29, 0.717) is 21.7 Å². The van der Waals surface area contributed by atoms with Gasteiger partial charge in [0.05, 0.1) is 17.2 Å². The van der Waals surface area contributed by atoms with Gasteiger partial charge in [0, 0.05) is 22.9 Å². The van der Waals surface area contributed by atoms with Crippen LogP contribution in [0.1, 0.15) is 34.2 Å². The first kappa shape index (κ1) is 28.2. The molecule has 0 spiro atoms. The molecule has 0 saturated heterocycles. The van der Waals surface area contributed by atoms with E-state index in [1.54, 1.807) is 23.3 Å². The Hall–Kier alpha value is -3.82. The van der Waals surface area contributed by atoms with Crippen LogP contribution in [-0.4, -0.2) is 53.2 Å². The van der Waals surface area contributed by atoms with Crippen molar-refractivity contribution in [1.29, 1.82) is 0 Å². The van der Waals surface area contributed by atoms with E-state index in [-0.39, 0.29) is 29.5 Å². The molecule has 15 heteroatoms. The Morgan fingerprint density at radius 1 is 1.08 bits per heavy atom. The third-order valence-corrected chi connectivity index (χ3v) is 8.07. The predicted octanol–water partition coefficient (Wildman–Crippen LogP) is 4.42. The largest absolute Gasteiger partial charge is 0.345 e. The Bertz CT molecular complexity index is 1520. The molecule has 202 valence electrons. The number of benzene rings is 2. The fraction of sp³-hybridized carbons (Fsp3) is 0.250. The lowest BCUT2D eigenvalue weighted by atomic mass is 10.1. The Kier molecular flexibility index (Phi) is 9.27. The van der Waals surface area contributed by atoms with Crippen molar-refractivity contribution >= 4 is 57.5 Å². The Labute approximate surface area is 236 Å². The molecule has 2 heterocycles. The Balaban J connectivity index is 1.49. The van der Waals surface area contributed by atoms with Crippen molar-refractivity contribution in [3.8, 4) is 5.69 Å². The fourth-order valence-electron chi connectivity index (χ4n) is 3.47. The third kappa shape index (κ3) is 7.19. The second-order valence-corrected chi connectivity index (χ2v) is 11.6. The summed E-state index contributed by atoms with van der Waals surface area (Å²) in [4.78, 5) is 36.1. The minimum absolute atomic E-state index is 0.0108. The van der Waals surface area contributed by atoms with Gasteiger partial charge in [-0.1, -0.05) is 60.0 Å². The van der Waals surface area contributed by atoms with Gasteiger partial charge >= 0.3 is 0 Å². The number of nitro benzene ring substituents is 1. The number of amides is 2. The average Bonchev–Trinajstić information content (AvgIpc) is 3.52. The first-order valence-corrected chi connectivity index (χ1v) is 14.5. The van der Waals surface area contributed by atoms with Crippen LogP contribution in [0.2, 0.25) is 0 Å². The minimum atomic E-state index is -0.520. The monoisotopic (exact) mass is 584 g/mol. The molecule has 0 bridgehead atoms. The van der Waals surface area contributed by atoms with Crippen LogP contribution in [0.25, 0.3) is 5.69 Å². The van der Waals surface area contributed by atoms with Gasteiger partial charge in [-0.15, -0.1) is 20.4 Å². The number of carbonyl (C=O) groups excluding carboxylic acids is 2. The zero-order valence-electron chi connectivity index (χ0n) is 21.2. The summed E-state index contributed by atoms with van der Waals surface area (Å²) in [7, 11) is 0. The van der Waals surface area contributed by atoms with Crippen LogP contribution in [0.15, 0.2) is 52.0 Å². The molecule has 2 N–H and O–H groups in total. The highest BCUT2D eigenvalue weighted by atomic mass is 32.2. The lowest BCUT2D eigenvalue weighted by Gasteiger charge is -2.12. The van der Waals surface area contributed by atoms with Crippen molar-refractivity contribution in [3.63, 3.8) is 0 Å². The van der Waals surface area contributed by atoms with Crippen LogP contribution in [-0.2, 0) is 11.3 Å². The molecule has 0 aliphatic rings. The molecule has 0 aliphatic carbocycles. The van der Waals surface area contributed by atoms with Gasteiger partial charge in [0.2, 0.25) is 11.0 Å². The number of hydrogen-bond acceptors (Lipinski definition) is 11. The summed E-state index contributed by atoms with van der Waals surface area (Å²) in [6, 6.07) is 12.0. The molecule has 39 heavy (non-hydrogen) atoms. The normalized spacial score (nSPS) is 10.8. The molecule has 12 nitrogen and oxygen atoms in total. The molecule has 4 rings (SSSR count). The van der Waals surface area contributed by atoms with Gasteiger partial charge in [-0.25, -0.2) is 0 Å². The number of aromatic nitrogens is 5. The molecule has 4 aromatic rings. The van der Waals surface area contributed by atoms with E-state index >= 15 is 0 Å². The maximum atomic E-state index is 12.8. The van der Waals surface area contributed by atoms with Crippen LogP contribution >= 0.6 is 34.9 Å². The number of nitrogens with one attached hydrogen (secondary N) is 2. The van der Waals surface area contributed by atoms with Gasteiger partial charge in [-0.3, -0.25) is 29.6 Å². The van der Waals surface area contributed by atoms with Crippen molar-refractivity contribution in [1.82, 2.24) is 30.3 Å². The van der Waals surface area contributed by atoms with Crippen molar-refractivity contribution in [3.05, 3.63) is 75.1 Å². The van der Waals surface area contributed by atoms with Crippen molar-refractivity contribution in [2.24, 2.45) is 0 Å². The second-order valence-electron chi connectivity index (χ2n) is 8.16. The topological polar surface area (TPSA) is 158 Å². The van der Waals surface area contributed by atoms with Crippen LogP contribution in [0.4, 0.5) is 10.8 Å². The molecule has 0 radical (unpaired) electrons. The van der Waals surface area contributed by atoms with Gasteiger partial charge in [-0.2, -0.15) is 0 Å². The number of nitro groups is 1. The lowest BCUT2D eigenvalue weighted by molar-refractivity contribution is -0.385. The van der Waals surface area contributed by atoms with Crippen LogP contribution in [0.5, 0.6) is 0 Å². The van der Waals surface area contributed by atoms with Gasteiger partial charge in [0.15, 0.2) is 15.3 Å². The number of anilines is 1. The molecule has 2 aromatic heterocycles. The summed E-state index contributed by atoms with van der Waals surface area (Å²) in [6.07, 6.45) is 0. The molecule has 0 aliphatic heterocycles. The second kappa shape index (κ2) is 12.8. The summed E-state index contributed by atoms with van der Waals surface area (Å²) in [5.74, 6) is 0.603. The first-order valence-electron chi connectivity index (χ1n) is 11.7. The zero-order chi connectivity index (χ0) is 27.9. The molecule has 0 saturated carbocycles. The molecule has 0 fully saturated rings. The van der Waals surface area contributed by atoms with Crippen LogP contribution in [0.3, 0.4) is 0 Å². The number of aryl methyl sites for hydroxylation is 2. The highest BCUT2D eigenvalue weighted by molar-refractivity contribution is 8.01. The number of thioether (sulfide) groups is 2. The van der Waals surface area contributed by atoms with Crippen LogP contribution in [0, 0.1) is 24.0 Å². The van der Waals surface area contributed by atoms with E-state index < -0.39 is 10.8 Å². The summed E-state index contributed by atoms with van der Waals surface area (Å²) >= 11 is 4.06. The van der Waals surface area contributed by atoms with E-state index in [2.05, 4.69) is 31.0 Å². The van der Waals surface area contributed by atoms with Gasteiger partial charge in [0.1, 0.15) is 0 Å². The summed E-state index contributed by atoms with van der Waals surface area (Å²) < 4.78 is 2.55. The minimum Gasteiger partial charge on any atom is -0.345 e. The smallest absolute Gasteiger partial charge is 0.273 e. The van der Waals surface area contributed by atoms with E-state index in [0.717, 1.165) is 21.3 Å². The highest BCUT2D eigenvalue weighted by Gasteiger charge is 2.19. The van der Waals surface area contributed by atoms with Crippen LogP contribution < -0.4 is 10.6 Å². The summed E-state index contributed by atoms with van der Waals surface area (Å²) in [5.41, 5.74) is 2.28. The molecule has 0 atom stereocenters. The number of rotatable bonds is 11. The maximum Gasteiger partial charge on any atom is 0.273 e. The van der Waals surface area contributed by atoms with Gasteiger partial charge in [0.25, 0.3) is 11.6 Å². The van der Waals surface area contributed by atoms with E-state index in [4.69, 9.17) is 0 Å². The quantitative estimate of drug-likeness (QED) is 0.112. The summed E-state index contributed by atoms with van der Waals surface area (Å²) in [6.45, 7) is 5.59. The van der Waals surface area contributed by atoms with E-state index in [9.17, 15) is 19.7 Å². The summed E-state index contributed by atoms with van der Waals surface area (Å²) in [5, 5.41) is 34.2. The SMILES string of the molecule is CCSc1nnc(NC(=O)CSc2nnc(CNC(=O)c3ccc(C)c([N+](=O)[O-])c3)n2-c2cccc(C)c2)s1. The number of nitrogens with zero attached hydrogens (tertiary/aromatic N) is 6. The standard InChI is InChI=1S/C24H24N8O4S3/c1-4-37-24-30-28-22(39-24)26-20(33)13-38-23-29-27-19(31(23)17-7-5-6-14(2)10-17)12-25-21(34)16-9-8-15(3)18(11-16)32(35)36/h5-11H,4,12-13H2,1-3H3,(H,25,34)(H,26,28,33). The molecular formula is C24H24N8O4S3. The maximum absolute atomic E-state index is 12.8. The molecule has 2 aromatic carbocycles. The molecule has 0 unspecified atom stereocenters. The Morgan fingerprint density at radius 3 is 2.64 bits per heavy atom. The number of carbonyl (C=O) groups is 2. The van der Waals surface area contributed by atoms with Crippen molar-refractivity contribution in [2.75, 3.05) is 16.8 Å².